The number of carbonyl (C=O) groups excluding carboxylic acids is 2. The zero-order chi connectivity index (χ0) is 17.7. The van der Waals surface area contributed by atoms with Crippen molar-refractivity contribution in [1.82, 2.24) is 4.90 Å². The van der Waals surface area contributed by atoms with Gasteiger partial charge in [0.05, 0.1) is 19.1 Å². The number of likely N-dealkylation sites (tertiary alicyclic amines) is 1. The van der Waals surface area contributed by atoms with Gasteiger partial charge >= 0.3 is 12.1 Å². The van der Waals surface area contributed by atoms with E-state index >= 15 is 0 Å². The number of esters is 1. The predicted octanol–water partition coefficient (Wildman–Crippen LogP) is 2.35. The first-order chi connectivity index (χ1) is 11.2. The number of benzene rings is 1. The van der Waals surface area contributed by atoms with Crippen LogP contribution >= 0.6 is 0 Å². The second-order valence-corrected chi connectivity index (χ2v) is 7.06. The molecule has 1 aliphatic heterocycles. The van der Waals surface area contributed by atoms with Crippen molar-refractivity contribution in [1.29, 1.82) is 0 Å². The minimum absolute atomic E-state index is 0.0767. The molecule has 0 aliphatic carbocycles. The van der Waals surface area contributed by atoms with Crippen molar-refractivity contribution in [3.63, 3.8) is 0 Å². The highest BCUT2D eigenvalue weighted by Gasteiger charge is 2.37. The highest BCUT2D eigenvalue weighted by Crippen LogP contribution is 2.23. The summed E-state index contributed by atoms with van der Waals surface area (Å²) in [5.41, 5.74) is 0.322. The first-order valence-electron chi connectivity index (χ1n) is 8.10. The molecule has 0 aromatic heterocycles. The van der Waals surface area contributed by atoms with Gasteiger partial charge < -0.3 is 19.5 Å². The number of aliphatic hydroxyl groups excluding tert-OH is 1. The van der Waals surface area contributed by atoms with Crippen LogP contribution in [0.4, 0.5) is 4.79 Å². The van der Waals surface area contributed by atoms with Gasteiger partial charge in [0.25, 0.3) is 0 Å². The first kappa shape index (κ1) is 18.3. The summed E-state index contributed by atoms with van der Waals surface area (Å²) in [4.78, 5) is 25.4. The highest BCUT2D eigenvalue weighted by molar-refractivity contribution is 5.71. The summed E-state index contributed by atoms with van der Waals surface area (Å²) in [7, 11) is 0. The van der Waals surface area contributed by atoms with Crippen LogP contribution < -0.4 is 0 Å². The van der Waals surface area contributed by atoms with E-state index in [1.165, 1.54) is 4.90 Å². The summed E-state index contributed by atoms with van der Waals surface area (Å²) in [5.74, 6) is -0.713. The fourth-order valence-electron chi connectivity index (χ4n) is 2.54. The molecule has 1 N–H and O–H groups in total. The second kappa shape index (κ2) is 7.66. The summed E-state index contributed by atoms with van der Waals surface area (Å²) < 4.78 is 10.5. The van der Waals surface area contributed by atoms with Gasteiger partial charge in [-0.15, -0.1) is 0 Å². The Kier molecular flexibility index (Phi) is 5.83. The maximum atomic E-state index is 12.0. The average Bonchev–Trinajstić information content (AvgIpc) is 2.86. The maximum Gasteiger partial charge on any atom is 0.410 e. The lowest BCUT2D eigenvalue weighted by Gasteiger charge is -2.24. The van der Waals surface area contributed by atoms with Gasteiger partial charge in [-0.1, -0.05) is 30.3 Å². The van der Waals surface area contributed by atoms with Crippen molar-refractivity contribution in [3.8, 4) is 0 Å². The SMILES string of the molecule is CC(C)(C)OC(=O)N1C[C@H](CC(=O)OCc2ccccc2)[C@H](O)C1. The van der Waals surface area contributed by atoms with Crippen LogP contribution in [-0.4, -0.2) is 46.9 Å². The molecule has 0 spiro atoms. The van der Waals surface area contributed by atoms with Crippen LogP contribution in [0.15, 0.2) is 30.3 Å². The van der Waals surface area contributed by atoms with Crippen molar-refractivity contribution >= 4 is 12.1 Å². The van der Waals surface area contributed by atoms with E-state index in [1.54, 1.807) is 20.8 Å². The molecule has 0 bridgehead atoms. The molecule has 0 radical (unpaired) electrons. The third kappa shape index (κ3) is 5.53. The largest absolute Gasteiger partial charge is 0.461 e. The molecule has 0 saturated carbocycles. The molecule has 6 heteroatoms. The molecule has 2 rings (SSSR count). The Morgan fingerprint density at radius 1 is 1.21 bits per heavy atom. The second-order valence-electron chi connectivity index (χ2n) is 7.06. The van der Waals surface area contributed by atoms with E-state index < -0.39 is 17.8 Å². The number of nitrogens with zero attached hydrogens (tertiary/aromatic N) is 1. The molecular formula is C18H25NO5. The number of hydrogen-bond donors (Lipinski definition) is 1. The third-order valence-corrected chi connectivity index (χ3v) is 3.73. The first-order valence-corrected chi connectivity index (χ1v) is 8.10. The average molecular weight is 335 g/mol. The van der Waals surface area contributed by atoms with Crippen LogP contribution in [-0.2, 0) is 20.9 Å². The van der Waals surface area contributed by atoms with E-state index in [1.807, 2.05) is 30.3 Å². The minimum Gasteiger partial charge on any atom is -0.461 e. The van der Waals surface area contributed by atoms with Crippen molar-refractivity contribution in [2.24, 2.45) is 5.92 Å². The molecule has 1 saturated heterocycles. The zero-order valence-electron chi connectivity index (χ0n) is 14.4. The van der Waals surface area contributed by atoms with Crippen molar-refractivity contribution in [3.05, 3.63) is 35.9 Å². The number of β-amino-alcohol motifs (C(OH)–C–C–N with tert-alkyl or cyclic N) is 1. The molecular weight excluding hydrogens is 310 g/mol. The van der Waals surface area contributed by atoms with Gasteiger partial charge in [0.2, 0.25) is 0 Å². The fraction of sp³-hybridized carbons (Fsp3) is 0.556. The lowest BCUT2D eigenvalue weighted by molar-refractivity contribution is -0.146. The molecule has 0 unspecified atom stereocenters. The lowest BCUT2D eigenvalue weighted by Crippen LogP contribution is -2.35. The Labute approximate surface area is 142 Å². The van der Waals surface area contributed by atoms with E-state index in [9.17, 15) is 14.7 Å². The number of aliphatic hydroxyl groups is 1. The van der Waals surface area contributed by atoms with Gasteiger partial charge in [0.1, 0.15) is 12.2 Å². The standard InChI is InChI=1S/C18H25NO5/c1-18(2,3)24-17(22)19-10-14(15(20)11-19)9-16(21)23-12-13-7-5-4-6-8-13/h4-8,14-15,20H,9-12H2,1-3H3/t14-,15+/m0/s1. The van der Waals surface area contributed by atoms with Crippen molar-refractivity contribution in [2.45, 2.75) is 45.5 Å². The summed E-state index contributed by atoms with van der Waals surface area (Å²) in [6, 6.07) is 9.40. The molecule has 1 aromatic rings. The fourth-order valence-corrected chi connectivity index (χ4v) is 2.54. The van der Waals surface area contributed by atoms with Crippen LogP contribution in [0.2, 0.25) is 0 Å². The Bertz CT molecular complexity index is 567. The zero-order valence-corrected chi connectivity index (χ0v) is 14.4. The minimum atomic E-state index is -0.748. The molecule has 1 aliphatic rings. The van der Waals surface area contributed by atoms with Gasteiger partial charge in [-0.05, 0) is 26.3 Å². The van der Waals surface area contributed by atoms with E-state index in [0.717, 1.165) is 5.56 Å². The van der Waals surface area contributed by atoms with Crippen LogP contribution in [0, 0.1) is 5.92 Å². The van der Waals surface area contributed by atoms with E-state index in [2.05, 4.69) is 0 Å². The van der Waals surface area contributed by atoms with E-state index in [4.69, 9.17) is 9.47 Å². The summed E-state index contributed by atoms with van der Waals surface area (Å²) >= 11 is 0. The molecule has 6 nitrogen and oxygen atoms in total. The molecule has 1 heterocycles. The van der Waals surface area contributed by atoms with Gasteiger partial charge in [-0.3, -0.25) is 4.79 Å². The molecule has 1 fully saturated rings. The van der Waals surface area contributed by atoms with Crippen LogP contribution in [0.3, 0.4) is 0 Å². The highest BCUT2D eigenvalue weighted by atomic mass is 16.6. The number of hydrogen-bond acceptors (Lipinski definition) is 5. The van der Waals surface area contributed by atoms with E-state index in [0.29, 0.717) is 0 Å². The monoisotopic (exact) mass is 335 g/mol. The Hall–Kier alpha value is -2.08. The van der Waals surface area contributed by atoms with Gasteiger partial charge in [-0.25, -0.2) is 4.79 Å². The Morgan fingerprint density at radius 3 is 2.50 bits per heavy atom. The maximum absolute atomic E-state index is 12.0. The summed E-state index contributed by atoms with van der Waals surface area (Å²) in [6.45, 7) is 6.03. The molecule has 24 heavy (non-hydrogen) atoms. The smallest absolute Gasteiger partial charge is 0.410 e. The van der Waals surface area contributed by atoms with Crippen LogP contribution in [0.5, 0.6) is 0 Å². The van der Waals surface area contributed by atoms with Gasteiger partial charge in [-0.2, -0.15) is 0 Å². The molecule has 2 atom stereocenters. The Balaban J connectivity index is 1.80. The number of ether oxygens (including phenoxy) is 2. The topological polar surface area (TPSA) is 76.1 Å². The number of rotatable bonds is 4. The molecule has 1 amide bonds. The number of amides is 1. The van der Waals surface area contributed by atoms with Gasteiger partial charge in [0, 0.05) is 12.5 Å². The van der Waals surface area contributed by atoms with Gasteiger partial charge in [0.15, 0.2) is 0 Å². The predicted molar refractivity (Wildman–Crippen MR) is 88.2 cm³/mol. The van der Waals surface area contributed by atoms with Crippen LogP contribution in [0.25, 0.3) is 0 Å². The number of carbonyl (C=O) groups is 2. The van der Waals surface area contributed by atoms with E-state index in [-0.39, 0.29) is 38.0 Å². The quantitative estimate of drug-likeness (QED) is 0.855. The molecule has 1 aromatic carbocycles. The third-order valence-electron chi connectivity index (χ3n) is 3.73. The van der Waals surface area contributed by atoms with Crippen molar-refractivity contribution < 1.29 is 24.2 Å². The Morgan fingerprint density at radius 2 is 1.88 bits per heavy atom. The lowest BCUT2D eigenvalue weighted by atomic mass is 10.0. The summed E-state index contributed by atoms with van der Waals surface area (Å²) in [5, 5.41) is 10.1. The van der Waals surface area contributed by atoms with Crippen LogP contribution in [0.1, 0.15) is 32.8 Å². The normalized spacial score (nSPS) is 20.8. The molecule has 132 valence electrons. The summed E-state index contributed by atoms with van der Waals surface area (Å²) in [6.07, 6.45) is -1.14. The van der Waals surface area contributed by atoms with Crippen molar-refractivity contribution in [2.75, 3.05) is 13.1 Å².